The third-order valence-corrected chi connectivity index (χ3v) is 4.76. The minimum atomic E-state index is -1.06. The lowest BCUT2D eigenvalue weighted by Crippen LogP contribution is -2.34. The maximum Gasteiger partial charge on any atom is 0.339 e. The van der Waals surface area contributed by atoms with Gasteiger partial charge in [0.15, 0.2) is 0 Å². The molecule has 1 amide bonds. The molecule has 0 bridgehead atoms. The highest BCUT2D eigenvalue weighted by molar-refractivity contribution is 6.31. The standard InChI is InChI=1S/C19H20ClN3O3/c1-12-5-7-23(8-6-12)17-16(19(25)26)10-15(11-21-17)22-18(24)13-3-2-4-14(20)9-13/h2-4,9-12H,5-8H2,1H3,(H,22,24)(H,25,26). The quantitative estimate of drug-likeness (QED) is 0.848. The lowest BCUT2D eigenvalue weighted by molar-refractivity contribution is 0.0696. The maximum atomic E-state index is 12.3. The molecule has 3 rings (SSSR count). The molecule has 1 aromatic heterocycles. The zero-order valence-electron chi connectivity index (χ0n) is 14.4. The van der Waals surface area contributed by atoms with E-state index in [0.29, 0.717) is 28.0 Å². The largest absolute Gasteiger partial charge is 0.478 e. The van der Waals surface area contributed by atoms with Gasteiger partial charge in [0.2, 0.25) is 0 Å². The Balaban J connectivity index is 1.82. The van der Waals surface area contributed by atoms with Crippen molar-refractivity contribution in [3.05, 3.63) is 52.7 Å². The third-order valence-electron chi connectivity index (χ3n) is 4.52. The van der Waals surface area contributed by atoms with Crippen molar-refractivity contribution < 1.29 is 14.7 Å². The van der Waals surface area contributed by atoms with Crippen molar-refractivity contribution in [1.29, 1.82) is 0 Å². The van der Waals surface area contributed by atoms with Crippen LogP contribution in [0.4, 0.5) is 11.5 Å². The fourth-order valence-corrected chi connectivity index (χ4v) is 3.18. The first-order valence-electron chi connectivity index (χ1n) is 8.49. The molecule has 2 heterocycles. The summed E-state index contributed by atoms with van der Waals surface area (Å²) in [6.07, 6.45) is 3.50. The Morgan fingerprint density at radius 3 is 2.65 bits per heavy atom. The van der Waals surface area contributed by atoms with Crippen LogP contribution in [0.25, 0.3) is 0 Å². The van der Waals surface area contributed by atoms with Crippen molar-refractivity contribution >= 4 is 35.0 Å². The molecular formula is C19H20ClN3O3. The summed E-state index contributed by atoms with van der Waals surface area (Å²) in [5.41, 5.74) is 0.813. The number of nitrogens with one attached hydrogen (secondary N) is 1. The number of hydrogen-bond donors (Lipinski definition) is 2. The molecular weight excluding hydrogens is 354 g/mol. The number of amides is 1. The summed E-state index contributed by atoms with van der Waals surface area (Å²) in [6, 6.07) is 7.99. The number of pyridine rings is 1. The average Bonchev–Trinajstić information content (AvgIpc) is 2.62. The normalized spacial score (nSPS) is 14.9. The Morgan fingerprint density at radius 2 is 2.00 bits per heavy atom. The van der Waals surface area contributed by atoms with Gasteiger partial charge in [-0.2, -0.15) is 0 Å². The Kier molecular flexibility index (Phi) is 5.42. The summed E-state index contributed by atoms with van der Waals surface area (Å²) in [6.45, 7) is 3.75. The highest BCUT2D eigenvalue weighted by Gasteiger charge is 2.23. The van der Waals surface area contributed by atoms with Crippen molar-refractivity contribution in [2.75, 3.05) is 23.3 Å². The molecule has 1 saturated heterocycles. The lowest BCUT2D eigenvalue weighted by Gasteiger charge is -2.32. The number of aromatic nitrogens is 1. The predicted molar refractivity (Wildman–Crippen MR) is 101 cm³/mol. The van der Waals surface area contributed by atoms with Crippen molar-refractivity contribution in [3.63, 3.8) is 0 Å². The first-order valence-corrected chi connectivity index (χ1v) is 8.87. The monoisotopic (exact) mass is 373 g/mol. The molecule has 2 aromatic rings. The fraction of sp³-hybridized carbons (Fsp3) is 0.316. The number of rotatable bonds is 4. The molecule has 1 fully saturated rings. The van der Waals surface area contributed by atoms with E-state index in [9.17, 15) is 14.7 Å². The van der Waals surface area contributed by atoms with Crippen LogP contribution in [0.1, 0.15) is 40.5 Å². The number of piperidine rings is 1. The molecule has 26 heavy (non-hydrogen) atoms. The smallest absolute Gasteiger partial charge is 0.339 e. The van der Waals surface area contributed by atoms with Gasteiger partial charge in [0.25, 0.3) is 5.91 Å². The molecule has 6 nitrogen and oxygen atoms in total. The van der Waals surface area contributed by atoms with Crippen LogP contribution >= 0.6 is 11.6 Å². The minimum Gasteiger partial charge on any atom is -0.478 e. The van der Waals surface area contributed by atoms with E-state index in [2.05, 4.69) is 17.2 Å². The Bertz CT molecular complexity index is 833. The molecule has 136 valence electrons. The van der Waals surface area contributed by atoms with Crippen LogP contribution in [0.5, 0.6) is 0 Å². The van der Waals surface area contributed by atoms with Crippen LogP contribution in [0, 0.1) is 5.92 Å². The van der Waals surface area contributed by atoms with Gasteiger partial charge in [0, 0.05) is 23.7 Å². The summed E-state index contributed by atoms with van der Waals surface area (Å²) in [4.78, 5) is 30.3. The number of carboxylic acid groups (broad SMARTS) is 1. The summed E-state index contributed by atoms with van der Waals surface area (Å²) < 4.78 is 0. The average molecular weight is 374 g/mol. The number of anilines is 2. The van der Waals surface area contributed by atoms with E-state index in [4.69, 9.17) is 11.6 Å². The third kappa shape index (κ3) is 4.14. The van der Waals surface area contributed by atoms with Crippen molar-refractivity contribution in [2.24, 2.45) is 5.92 Å². The van der Waals surface area contributed by atoms with Crippen LogP contribution < -0.4 is 10.2 Å². The first kappa shape index (κ1) is 18.2. The molecule has 1 aromatic carbocycles. The Morgan fingerprint density at radius 1 is 1.27 bits per heavy atom. The van der Waals surface area contributed by atoms with Crippen molar-refractivity contribution in [2.45, 2.75) is 19.8 Å². The minimum absolute atomic E-state index is 0.0865. The zero-order chi connectivity index (χ0) is 18.7. The molecule has 1 aliphatic heterocycles. The number of benzene rings is 1. The lowest BCUT2D eigenvalue weighted by atomic mass is 9.99. The van der Waals surface area contributed by atoms with E-state index in [1.807, 2.05) is 4.90 Å². The second-order valence-corrected chi connectivity index (χ2v) is 6.97. The van der Waals surface area contributed by atoms with Gasteiger partial charge in [-0.25, -0.2) is 9.78 Å². The summed E-state index contributed by atoms with van der Waals surface area (Å²) in [7, 11) is 0. The molecule has 1 aliphatic rings. The highest BCUT2D eigenvalue weighted by atomic mass is 35.5. The molecule has 0 saturated carbocycles. The summed E-state index contributed by atoms with van der Waals surface area (Å²) in [5.74, 6) is -0.351. The molecule has 0 spiro atoms. The van der Waals surface area contributed by atoms with Gasteiger partial charge < -0.3 is 15.3 Å². The summed E-state index contributed by atoms with van der Waals surface area (Å²) >= 11 is 5.90. The highest BCUT2D eigenvalue weighted by Crippen LogP contribution is 2.26. The van der Waals surface area contributed by atoms with Crippen LogP contribution in [0.3, 0.4) is 0 Å². The van der Waals surface area contributed by atoms with Crippen LogP contribution in [0.15, 0.2) is 36.5 Å². The van der Waals surface area contributed by atoms with Gasteiger partial charge >= 0.3 is 5.97 Å². The molecule has 7 heteroatoms. The van der Waals surface area contributed by atoms with Crippen LogP contribution in [-0.2, 0) is 0 Å². The zero-order valence-corrected chi connectivity index (χ0v) is 15.2. The second-order valence-electron chi connectivity index (χ2n) is 6.53. The summed E-state index contributed by atoms with van der Waals surface area (Å²) in [5, 5.41) is 12.7. The number of carbonyl (C=O) groups excluding carboxylic acids is 1. The number of nitrogens with zero attached hydrogens (tertiary/aromatic N) is 2. The molecule has 0 aliphatic carbocycles. The Labute approximate surface area is 156 Å². The predicted octanol–water partition coefficient (Wildman–Crippen LogP) is 3.92. The molecule has 0 radical (unpaired) electrons. The van der Waals surface area contributed by atoms with E-state index in [1.54, 1.807) is 24.3 Å². The van der Waals surface area contributed by atoms with Gasteiger partial charge in [0.1, 0.15) is 11.4 Å². The van der Waals surface area contributed by atoms with E-state index in [0.717, 1.165) is 25.9 Å². The van der Waals surface area contributed by atoms with E-state index in [1.165, 1.54) is 12.3 Å². The van der Waals surface area contributed by atoms with Crippen molar-refractivity contribution in [1.82, 2.24) is 4.98 Å². The van der Waals surface area contributed by atoms with E-state index >= 15 is 0 Å². The van der Waals surface area contributed by atoms with E-state index < -0.39 is 5.97 Å². The van der Waals surface area contributed by atoms with Gasteiger partial charge in [0.05, 0.1) is 11.9 Å². The van der Waals surface area contributed by atoms with Crippen LogP contribution in [0.2, 0.25) is 5.02 Å². The molecule has 2 N–H and O–H groups in total. The molecule has 0 unspecified atom stereocenters. The van der Waals surface area contributed by atoms with Gasteiger partial charge in [-0.05, 0) is 43.0 Å². The topological polar surface area (TPSA) is 82.5 Å². The van der Waals surface area contributed by atoms with Crippen LogP contribution in [-0.4, -0.2) is 35.1 Å². The number of carboxylic acids is 1. The maximum absolute atomic E-state index is 12.3. The number of aromatic carboxylic acids is 1. The van der Waals surface area contributed by atoms with Gasteiger partial charge in [-0.1, -0.05) is 24.6 Å². The molecule has 0 atom stereocenters. The van der Waals surface area contributed by atoms with E-state index in [-0.39, 0.29) is 11.5 Å². The van der Waals surface area contributed by atoms with Gasteiger partial charge in [-0.15, -0.1) is 0 Å². The number of hydrogen-bond acceptors (Lipinski definition) is 4. The first-order chi connectivity index (χ1) is 12.4. The fourth-order valence-electron chi connectivity index (χ4n) is 2.99. The van der Waals surface area contributed by atoms with Gasteiger partial charge in [-0.3, -0.25) is 4.79 Å². The van der Waals surface area contributed by atoms with Crippen molar-refractivity contribution in [3.8, 4) is 0 Å². The number of carbonyl (C=O) groups is 2. The second kappa shape index (κ2) is 7.74. The number of halogens is 1. The Hall–Kier alpha value is -2.60. The SMILES string of the molecule is CC1CCN(c2ncc(NC(=O)c3cccc(Cl)c3)cc2C(=O)O)CC1.